The van der Waals surface area contributed by atoms with Gasteiger partial charge in [0, 0.05) is 45.7 Å². The van der Waals surface area contributed by atoms with Crippen LogP contribution in [0.15, 0.2) is 29.3 Å². The highest BCUT2D eigenvalue weighted by Crippen LogP contribution is 2.27. The Morgan fingerprint density at radius 1 is 1.07 bits per heavy atom. The summed E-state index contributed by atoms with van der Waals surface area (Å²) in [4.78, 5) is 27.8. The lowest BCUT2D eigenvalue weighted by Gasteiger charge is -2.13. The molecule has 2 rings (SSSR count). The van der Waals surface area contributed by atoms with Crippen molar-refractivity contribution < 1.29 is 9.59 Å². The topological polar surface area (TPSA) is 94.6 Å². The molecule has 0 saturated heterocycles. The highest BCUT2D eigenvalue weighted by Gasteiger charge is 2.17. The van der Waals surface area contributed by atoms with Crippen LogP contribution in [0.1, 0.15) is 48.0 Å². The summed E-state index contributed by atoms with van der Waals surface area (Å²) in [5, 5.41) is 12.1. The molecule has 1 saturated carbocycles. The smallest absolute Gasteiger partial charge is 0.251 e. The molecule has 1 aliphatic carbocycles. The van der Waals surface area contributed by atoms with E-state index >= 15 is 0 Å². The molecule has 1 aromatic carbocycles. The van der Waals surface area contributed by atoms with Gasteiger partial charge in [-0.3, -0.25) is 14.6 Å². The van der Waals surface area contributed by atoms with Crippen LogP contribution < -0.4 is 21.3 Å². The standard InChI is InChI=1S/C21H33N5O2/c1-22-20(28)18-9-5-8-17(14-18)10-11-25-21(23-2)26-13-12-24-19(27)15-16-6-3-4-7-16/h5,8-9,14,16H,3-4,6-7,10-13,15H2,1-2H3,(H,22,28)(H,24,27)(H2,23,25,26). The average molecular weight is 388 g/mol. The highest BCUT2D eigenvalue weighted by molar-refractivity contribution is 5.94. The Kier molecular flexibility index (Phi) is 9.31. The summed E-state index contributed by atoms with van der Waals surface area (Å²) in [5.41, 5.74) is 1.75. The van der Waals surface area contributed by atoms with Crippen molar-refractivity contribution >= 4 is 17.8 Å². The number of nitrogens with zero attached hydrogens (tertiary/aromatic N) is 1. The Labute approximate surface area is 167 Å². The van der Waals surface area contributed by atoms with Crippen LogP contribution in [-0.2, 0) is 11.2 Å². The molecule has 154 valence electrons. The molecule has 1 aliphatic rings. The van der Waals surface area contributed by atoms with Crippen molar-refractivity contribution in [2.75, 3.05) is 33.7 Å². The number of rotatable bonds is 9. The number of nitrogens with one attached hydrogen (secondary N) is 4. The molecule has 0 atom stereocenters. The molecule has 4 N–H and O–H groups in total. The van der Waals surface area contributed by atoms with Crippen LogP contribution >= 0.6 is 0 Å². The zero-order chi connectivity index (χ0) is 20.2. The van der Waals surface area contributed by atoms with Crippen LogP contribution in [0.3, 0.4) is 0 Å². The lowest BCUT2D eigenvalue weighted by atomic mass is 10.0. The summed E-state index contributed by atoms with van der Waals surface area (Å²) >= 11 is 0. The predicted molar refractivity (Wildman–Crippen MR) is 112 cm³/mol. The third kappa shape index (κ3) is 7.58. The number of carbonyl (C=O) groups is 2. The maximum absolute atomic E-state index is 11.9. The second-order valence-electron chi connectivity index (χ2n) is 7.16. The Morgan fingerprint density at radius 2 is 1.79 bits per heavy atom. The van der Waals surface area contributed by atoms with E-state index in [2.05, 4.69) is 26.3 Å². The summed E-state index contributed by atoms with van der Waals surface area (Å²) in [6.07, 6.45) is 6.34. The van der Waals surface area contributed by atoms with E-state index in [0.29, 0.717) is 43.5 Å². The van der Waals surface area contributed by atoms with Crippen molar-refractivity contribution in [3.8, 4) is 0 Å². The van der Waals surface area contributed by atoms with E-state index in [-0.39, 0.29) is 11.8 Å². The molecule has 28 heavy (non-hydrogen) atoms. The maximum Gasteiger partial charge on any atom is 0.251 e. The molecule has 0 radical (unpaired) electrons. The Bertz CT molecular complexity index is 669. The van der Waals surface area contributed by atoms with Crippen molar-refractivity contribution in [1.82, 2.24) is 21.3 Å². The molecular weight excluding hydrogens is 354 g/mol. The van der Waals surface area contributed by atoms with Gasteiger partial charge in [-0.1, -0.05) is 25.0 Å². The van der Waals surface area contributed by atoms with Crippen LogP contribution in [0, 0.1) is 5.92 Å². The number of amides is 2. The summed E-state index contributed by atoms with van der Waals surface area (Å²) < 4.78 is 0. The second-order valence-corrected chi connectivity index (χ2v) is 7.16. The fourth-order valence-electron chi connectivity index (χ4n) is 3.49. The van der Waals surface area contributed by atoms with E-state index in [4.69, 9.17) is 0 Å². The second kappa shape index (κ2) is 12.0. The van der Waals surface area contributed by atoms with E-state index in [9.17, 15) is 9.59 Å². The van der Waals surface area contributed by atoms with Crippen LogP contribution in [0.2, 0.25) is 0 Å². The summed E-state index contributed by atoms with van der Waals surface area (Å²) in [6, 6.07) is 7.60. The lowest BCUT2D eigenvalue weighted by molar-refractivity contribution is -0.121. The van der Waals surface area contributed by atoms with E-state index in [1.807, 2.05) is 18.2 Å². The third-order valence-electron chi connectivity index (χ3n) is 5.03. The van der Waals surface area contributed by atoms with Gasteiger partial charge in [-0.15, -0.1) is 0 Å². The van der Waals surface area contributed by atoms with E-state index in [1.54, 1.807) is 20.2 Å². The number of hydrogen-bond acceptors (Lipinski definition) is 3. The molecule has 0 bridgehead atoms. The summed E-state index contributed by atoms with van der Waals surface area (Å²) in [6.45, 7) is 1.91. The Balaban J connectivity index is 1.62. The zero-order valence-electron chi connectivity index (χ0n) is 17.0. The van der Waals surface area contributed by atoms with Gasteiger partial charge < -0.3 is 21.3 Å². The molecular formula is C21H33N5O2. The molecule has 0 spiro atoms. The quantitative estimate of drug-likeness (QED) is 0.293. The zero-order valence-corrected chi connectivity index (χ0v) is 17.0. The van der Waals surface area contributed by atoms with Crippen molar-refractivity contribution in [1.29, 1.82) is 0 Å². The van der Waals surface area contributed by atoms with Crippen LogP contribution in [0.25, 0.3) is 0 Å². The van der Waals surface area contributed by atoms with Crippen molar-refractivity contribution in [2.45, 2.75) is 38.5 Å². The van der Waals surface area contributed by atoms with E-state index in [1.165, 1.54) is 25.7 Å². The van der Waals surface area contributed by atoms with Gasteiger partial charge in [-0.25, -0.2) is 0 Å². The minimum absolute atomic E-state index is 0.0812. The predicted octanol–water partition coefficient (Wildman–Crippen LogP) is 1.45. The minimum atomic E-state index is -0.0812. The Morgan fingerprint density at radius 3 is 2.50 bits per heavy atom. The van der Waals surface area contributed by atoms with E-state index in [0.717, 1.165) is 12.0 Å². The molecule has 1 fully saturated rings. The van der Waals surface area contributed by atoms with Gasteiger partial charge in [0.15, 0.2) is 5.96 Å². The third-order valence-corrected chi connectivity index (χ3v) is 5.03. The van der Waals surface area contributed by atoms with Gasteiger partial charge in [0.25, 0.3) is 5.91 Å². The molecule has 0 unspecified atom stereocenters. The van der Waals surface area contributed by atoms with Crippen molar-refractivity contribution in [2.24, 2.45) is 10.9 Å². The number of hydrogen-bond donors (Lipinski definition) is 4. The number of carbonyl (C=O) groups excluding carboxylic acids is 2. The molecule has 0 aromatic heterocycles. The molecule has 1 aromatic rings. The lowest BCUT2D eigenvalue weighted by Crippen LogP contribution is -2.42. The van der Waals surface area contributed by atoms with Gasteiger partial charge in [0.1, 0.15) is 0 Å². The molecule has 2 amide bonds. The molecule has 7 nitrogen and oxygen atoms in total. The first-order chi connectivity index (χ1) is 13.6. The van der Waals surface area contributed by atoms with Crippen molar-refractivity contribution in [3.63, 3.8) is 0 Å². The maximum atomic E-state index is 11.9. The Hall–Kier alpha value is -2.57. The van der Waals surface area contributed by atoms with Gasteiger partial charge in [-0.05, 0) is 42.9 Å². The fourth-order valence-corrected chi connectivity index (χ4v) is 3.49. The van der Waals surface area contributed by atoms with Gasteiger partial charge >= 0.3 is 0 Å². The van der Waals surface area contributed by atoms with Crippen LogP contribution in [0.4, 0.5) is 0 Å². The normalized spacial score (nSPS) is 14.6. The minimum Gasteiger partial charge on any atom is -0.356 e. The fraction of sp³-hybridized carbons (Fsp3) is 0.571. The number of aliphatic imine (C=N–C) groups is 1. The number of guanidine groups is 1. The molecule has 0 heterocycles. The van der Waals surface area contributed by atoms with Crippen LogP contribution in [-0.4, -0.2) is 51.5 Å². The monoisotopic (exact) mass is 387 g/mol. The average Bonchev–Trinajstić information content (AvgIpc) is 3.22. The molecule has 7 heteroatoms. The first kappa shape index (κ1) is 21.7. The van der Waals surface area contributed by atoms with Crippen molar-refractivity contribution in [3.05, 3.63) is 35.4 Å². The van der Waals surface area contributed by atoms with Gasteiger partial charge in [0.2, 0.25) is 5.91 Å². The first-order valence-electron chi connectivity index (χ1n) is 10.1. The SMILES string of the molecule is CN=C(NCCNC(=O)CC1CCCC1)NCCc1cccc(C(=O)NC)c1. The first-order valence-corrected chi connectivity index (χ1v) is 10.1. The largest absolute Gasteiger partial charge is 0.356 e. The highest BCUT2D eigenvalue weighted by atomic mass is 16.2. The summed E-state index contributed by atoms with van der Waals surface area (Å²) in [7, 11) is 3.35. The van der Waals surface area contributed by atoms with Gasteiger partial charge in [-0.2, -0.15) is 0 Å². The van der Waals surface area contributed by atoms with Crippen LogP contribution in [0.5, 0.6) is 0 Å². The molecule has 0 aliphatic heterocycles. The van der Waals surface area contributed by atoms with E-state index < -0.39 is 0 Å². The summed E-state index contributed by atoms with van der Waals surface area (Å²) in [5.74, 6) is 1.34. The number of benzene rings is 1. The van der Waals surface area contributed by atoms with Gasteiger partial charge in [0.05, 0.1) is 0 Å².